The van der Waals surface area contributed by atoms with Crippen LogP contribution in [0.1, 0.15) is 5.56 Å². The van der Waals surface area contributed by atoms with Crippen LogP contribution in [-0.4, -0.2) is 26.5 Å². The molecular weight excluding hydrogens is 268 g/mol. The van der Waals surface area contributed by atoms with Crippen LogP contribution in [0.5, 0.6) is 17.2 Å². The van der Waals surface area contributed by atoms with Crippen molar-refractivity contribution < 1.29 is 14.2 Å². The molecule has 0 bridgehead atoms. The zero-order chi connectivity index (χ0) is 14.9. The number of methoxy groups -OCH3 is 1. The van der Waals surface area contributed by atoms with Crippen LogP contribution < -0.4 is 20.1 Å². The Morgan fingerprint density at radius 2 is 1.76 bits per heavy atom. The van der Waals surface area contributed by atoms with Crippen LogP contribution in [0, 0.1) is 0 Å². The van der Waals surface area contributed by atoms with Crippen molar-refractivity contribution in [3.8, 4) is 17.2 Å². The van der Waals surface area contributed by atoms with Crippen molar-refractivity contribution >= 4 is 6.21 Å². The molecule has 0 unspecified atom stereocenters. The Bertz CT molecular complexity index is 585. The lowest BCUT2D eigenvalue weighted by atomic mass is 10.2. The number of para-hydroxylation sites is 1. The molecular formula is C16H18N2O3. The van der Waals surface area contributed by atoms with Crippen molar-refractivity contribution in [2.24, 2.45) is 10.9 Å². The van der Waals surface area contributed by atoms with Gasteiger partial charge in [0, 0.05) is 0 Å². The molecule has 0 aromatic heterocycles. The molecule has 0 aliphatic heterocycles. The van der Waals surface area contributed by atoms with Crippen molar-refractivity contribution in [1.82, 2.24) is 0 Å². The molecule has 2 aromatic rings. The average molecular weight is 286 g/mol. The van der Waals surface area contributed by atoms with Crippen molar-refractivity contribution in [2.45, 2.75) is 0 Å². The van der Waals surface area contributed by atoms with E-state index in [0.717, 1.165) is 11.3 Å². The molecule has 0 spiro atoms. The maximum Gasteiger partial charge on any atom is 0.161 e. The molecule has 0 amide bonds. The molecule has 0 saturated carbocycles. The average Bonchev–Trinajstić information content (AvgIpc) is 2.53. The van der Waals surface area contributed by atoms with Crippen LogP contribution in [0.15, 0.2) is 53.6 Å². The third kappa shape index (κ3) is 4.42. The highest BCUT2D eigenvalue weighted by Crippen LogP contribution is 2.27. The monoisotopic (exact) mass is 286 g/mol. The summed E-state index contributed by atoms with van der Waals surface area (Å²) in [6.45, 7) is 0.884. The Kier molecular flexibility index (Phi) is 5.46. The summed E-state index contributed by atoms with van der Waals surface area (Å²) in [5.74, 6) is 7.23. The first kappa shape index (κ1) is 14.7. The predicted molar refractivity (Wildman–Crippen MR) is 82.2 cm³/mol. The van der Waals surface area contributed by atoms with Crippen LogP contribution in [0.25, 0.3) is 0 Å². The summed E-state index contributed by atoms with van der Waals surface area (Å²) < 4.78 is 16.5. The molecule has 0 fully saturated rings. The summed E-state index contributed by atoms with van der Waals surface area (Å²) in [6.07, 6.45) is 1.55. The van der Waals surface area contributed by atoms with Gasteiger partial charge in [0.2, 0.25) is 0 Å². The quantitative estimate of drug-likeness (QED) is 0.367. The van der Waals surface area contributed by atoms with Gasteiger partial charge in [0.15, 0.2) is 11.5 Å². The number of hydrogen-bond acceptors (Lipinski definition) is 5. The molecule has 0 heterocycles. The fourth-order valence-electron chi connectivity index (χ4n) is 1.80. The number of hydrazone groups is 1. The van der Waals surface area contributed by atoms with Gasteiger partial charge in [0.05, 0.1) is 13.3 Å². The molecule has 2 rings (SSSR count). The predicted octanol–water partition coefficient (Wildman–Crippen LogP) is 2.45. The number of hydrogen-bond donors (Lipinski definition) is 1. The second-order valence-electron chi connectivity index (χ2n) is 4.20. The van der Waals surface area contributed by atoms with E-state index in [1.807, 2.05) is 48.5 Å². The molecule has 0 aliphatic carbocycles. The van der Waals surface area contributed by atoms with Gasteiger partial charge >= 0.3 is 0 Å². The number of rotatable bonds is 7. The second-order valence-corrected chi connectivity index (χ2v) is 4.20. The Morgan fingerprint density at radius 1 is 1.00 bits per heavy atom. The van der Waals surface area contributed by atoms with Gasteiger partial charge in [-0.2, -0.15) is 5.10 Å². The lowest BCUT2D eigenvalue weighted by Crippen LogP contribution is -2.09. The van der Waals surface area contributed by atoms with E-state index >= 15 is 0 Å². The summed E-state index contributed by atoms with van der Waals surface area (Å²) in [5, 5.41) is 3.48. The van der Waals surface area contributed by atoms with Crippen molar-refractivity contribution in [3.63, 3.8) is 0 Å². The van der Waals surface area contributed by atoms with E-state index in [1.54, 1.807) is 13.3 Å². The minimum atomic E-state index is 0.426. The first-order chi connectivity index (χ1) is 10.3. The normalized spacial score (nSPS) is 10.5. The number of benzene rings is 2. The summed E-state index contributed by atoms with van der Waals surface area (Å²) >= 11 is 0. The van der Waals surface area contributed by atoms with Gasteiger partial charge in [0.25, 0.3) is 0 Å². The van der Waals surface area contributed by atoms with E-state index in [9.17, 15) is 0 Å². The molecule has 0 radical (unpaired) electrons. The molecule has 5 heteroatoms. The maximum atomic E-state index is 5.66. The van der Waals surface area contributed by atoms with E-state index in [4.69, 9.17) is 20.1 Å². The van der Waals surface area contributed by atoms with E-state index in [1.165, 1.54) is 0 Å². The maximum absolute atomic E-state index is 5.66. The summed E-state index contributed by atoms with van der Waals surface area (Å²) in [5.41, 5.74) is 0.849. The third-order valence-corrected chi connectivity index (χ3v) is 2.76. The minimum Gasteiger partial charge on any atom is -0.493 e. The van der Waals surface area contributed by atoms with Crippen LogP contribution in [0.2, 0.25) is 0 Å². The van der Waals surface area contributed by atoms with Crippen molar-refractivity contribution in [2.75, 3.05) is 20.3 Å². The highest BCUT2D eigenvalue weighted by atomic mass is 16.5. The lowest BCUT2D eigenvalue weighted by molar-refractivity contribution is 0.211. The van der Waals surface area contributed by atoms with Gasteiger partial charge in [-0.25, -0.2) is 0 Å². The number of nitrogens with two attached hydrogens (primary N) is 1. The number of ether oxygens (including phenoxy) is 3. The topological polar surface area (TPSA) is 66.1 Å². The third-order valence-electron chi connectivity index (χ3n) is 2.76. The number of nitrogens with zero attached hydrogens (tertiary/aromatic N) is 1. The Morgan fingerprint density at radius 3 is 2.48 bits per heavy atom. The molecule has 21 heavy (non-hydrogen) atoms. The first-order valence-electron chi connectivity index (χ1n) is 6.55. The molecule has 5 nitrogen and oxygen atoms in total. The van der Waals surface area contributed by atoms with Crippen molar-refractivity contribution in [3.05, 3.63) is 54.1 Å². The SMILES string of the molecule is COc1cc(C=NN)ccc1OCCOc1ccccc1. The Hall–Kier alpha value is -2.69. The zero-order valence-electron chi connectivity index (χ0n) is 11.9. The second kappa shape index (κ2) is 7.79. The van der Waals surface area contributed by atoms with Gasteiger partial charge < -0.3 is 20.1 Å². The van der Waals surface area contributed by atoms with E-state index < -0.39 is 0 Å². The van der Waals surface area contributed by atoms with Gasteiger partial charge in [-0.05, 0) is 35.9 Å². The molecule has 0 atom stereocenters. The molecule has 2 N–H and O–H groups in total. The summed E-state index contributed by atoms with van der Waals surface area (Å²) in [7, 11) is 1.59. The van der Waals surface area contributed by atoms with Crippen LogP contribution in [-0.2, 0) is 0 Å². The van der Waals surface area contributed by atoms with Crippen LogP contribution in [0.4, 0.5) is 0 Å². The van der Waals surface area contributed by atoms with Gasteiger partial charge in [0.1, 0.15) is 19.0 Å². The van der Waals surface area contributed by atoms with Crippen molar-refractivity contribution in [1.29, 1.82) is 0 Å². The van der Waals surface area contributed by atoms with Crippen LogP contribution >= 0.6 is 0 Å². The van der Waals surface area contributed by atoms with Gasteiger partial charge in [-0.3, -0.25) is 0 Å². The highest BCUT2D eigenvalue weighted by molar-refractivity contribution is 5.80. The highest BCUT2D eigenvalue weighted by Gasteiger charge is 2.05. The molecule has 0 aliphatic rings. The Labute approximate surface area is 123 Å². The zero-order valence-corrected chi connectivity index (χ0v) is 11.9. The lowest BCUT2D eigenvalue weighted by Gasteiger charge is -2.12. The largest absolute Gasteiger partial charge is 0.493 e. The minimum absolute atomic E-state index is 0.426. The molecule has 0 saturated heterocycles. The van der Waals surface area contributed by atoms with E-state index in [2.05, 4.69) is 5.10 Å². The van der Waals surface area contributed by atoms with Gasteiger partial charge in [-0.15, -0.1) is 0 Å². The van der Waals surface area contributed by atoms with Crippen LogP contribution in [0.3, 0.4) is 0 Å². The molecule has 110 valence electrons. The Balaban J connectivity index is 1.88. The molecule has 2 aromatic carbocycles. The summed E-state index contributed by atoms with van der Waals surface area (Å²) in [6, 6.07) is 15.1. The summed E-state index contributed by atoms with van der Waals surface area (Å²) in [4.78, 5) is 0. The standard InChI is InChI=1S/C16H18N2O3/c1-19-16-11-13(12-18-17)7-8-15(16)21-10-9-20-14-5-3-2-4-6-14/h2-8,11-12H,9-10,17H2,1H3. The van der Waals surface area contributed by atoms with Gasteiger partial charge in [-0.1, -0.05) is 18.2 Å². The first-order valence-corrected chi connectivity index (χ1v) is 6.55. The van der Waals surface area contributed by atoms with E-state index in [0.29, 0.717) is 24.7 Å². The van der Waals surface area contributed by atoms with E-state index in [-0.39, 0.29) is 0 Å². The smallest absolute Gasteiger partial charge is 0.161 e. The fraction of sp³-hybridized carbons (Fsp3) is 0.188. The fourth-order valence-corrected chi connectivity index (χ4v) is 1.80.